The number of carboxylic acids is 1. The van der Waals surface area contributed by atoms with Crippen LogP contribution in [0.1, 0.15) is 32.7 Å². The van der Waals surface area contributed by atoms with Crippen molar-refractivity contribution in [3.8, 4) is 5.75 Å². The molecule has 0 atom stereocenters. The number of nitrogens with one attached hydrogen (secondary N) is 1. The second-order valence-corrected chi connectivity index (χ2v) is 6.29. The molecule has 0 amide bonds. The zero-order valence-corrected chi connectivity index (χ0v) is 15.9. The average Bonchev–Trinajstić information content (AvgIpc) is 3.06. The molecule has 0 unspecified atom stereocenters. The van der Waals surface area contributed by atoms with Gasteiger partial charge < -0.3 is 29.9 Å². The molecule has 2 aromatic rings. The molecule has 8 nitrogen and oxygen atoms in total. The third-order valence-electron chi connectivity index (χ3n) is 4.49. The number of aryl methyl sites for hydroxylation is 1. The zero-order valence-electron chi connectivity index (χ0n) is 13.9. The van der Waals surface area contributed by atoms with E-state index in [9.17, 15) is 19.9 Å². The van der Waals surface area contributed by atoms with Gasteiger partial charge in [0.2, 0.25) is 0 Å². The average molecular weight is 352 g/mol. The van der Waals surface area contributed by atoms with Gasteiger partial charge in [0.1, 0.15) is 0 Å². The van der Waals surface area contributed by atoms with Crippen molar-refractivity contribution in [1.82, 2.24) is 15.1 Å². The minimum atomic E-state index is -3.04. The van der Waals surface area contributed by atoms with E-state index < -0.39 is 12.7 Å². The maximum absolute atomic E-state index is 11.6. The topological polar surface area (TPSA) is 120 Å². The van der Waals surface area contributed by atoms with Crippen LogP contribution < -0.4 is 44.6 Å². The number of carbonyl (C=O) groups is 1. The van der Waals surface area contributed by atoms with Crippen LogP contribution in [0.2, 0.25) is 6.32 Å². The van der Waals surface area contributed by atoms with Crippen LogP contribution in [0.5, 0.6) is 5.75 Å². The van der Waals surface area contributed by atoms with Crippen molar-refractivity contribution < 1.29 is 54.2 Å². The summed E-state index contributed by atoms with van der Waals surface area (Å²) in [5, 5.41) is 38.8. The summed E-state index contributed by atoms with van der Waals surface area (Å²) in [6.07, 6.45) is 2.25. The minimum Gasteiger partial charge on any atom is -0.669 e. The Kier molecular flexibility index (Phi) is 4.98. The largest absolute Gasteiger partial charge is 1.00 e. The van der Waals surface area contributed by atoms with Crippen molar-refractivity contribution >= 4 is 12.7 Å². The van der Waals surface area contributed by atoms with Crippen LogP contribution in [0, 0.1) is 0 Å². The molecule has 0 spiro atoms. The second kappa shape index (κ2) is 6.75. The summed E-state index contributed by atoms with van der Waals surface area (Å²) in [6, 6.07) is 3.45. The fourth-order valence-corrected chi connectivity index (χ4v) is 3.32. The van der Waals surface area contributed by atoms with Gasteiger partial charge in [0.15, 0.2) is 0 Å². The van der Waals surface area contributed by atoms with E-state index in [1.54, 1.807) is 16.8 Å². The maximum atomic E-state index is 11.6. The molecule has 0 saturated heterocycles. The van der Waals surface area contributed by atoms with E-state index in [1.165, 1.54) is 0 Å². The van der Waals surface area contributed by atoms with Crippen molar-refractivity contribution in [3.63, 3.8) is 0 Å². The number of carbonyl (C=O) groups excluding carboxylic acids is 1. The van der Waals surface area contributed by atoms with E-state index >= 15 is 0 Å². The van der Waals surface area contributed by atoms with Crippen LogP contribution >= 0.6 is 0 Å². The number of fused-ring (bicyclic) bond motifs is 2. The Hall–Kier alpha value is -1.36. The monoisotopic (exact) mass is 352 g/mol. The van der Waals surface area contributed by atoms with Crippen LogP contribution in [0.4, 0.5) is 0 Å². The van der Waals surface area contributed by atoms with E-state index in [1.807, 2.05) is 6.20 Å². The number of aromatic nitrogens is 2. The van der Waals surface area contributed by atoms with Crippen molar-refractivity contribution in [2.24, 2.45) is 0 Å². The Morgan fingerprint density at radius 3 is 2.88 bits per heavy atom. The number of rotatable bonds is 3. The van der Waals surface area contributed by atoms with Gasteiger partial charge in [0, 0.05) is 30.4 Å². The van der Waals surface area contributed by atoms with E-state index in [4.69, 9.17) is 4.65 Å². The van der Waals surface area contributed by atoms with Gasteiger partial charge in [-0.05, 0) is 17.5 Å². The van der Waals surface area contributed by atoms with Gasteiger partial charge in [-0.25, -0.2) is 0 Å². The van der Waals surface area contributed by atoms with Crippen LogP contribution in [-0.4, -0.2) is 32.6 Å². The van der Waals surface area contributed by atoms with E-state index in [0.717, 1.165) is 17.8 Å². The number of benzene rings is 1. The summed E-state index contributed by atoms with van der Waals surface area (Å²) in [5.41, 5.74) is 2.98. The van der Waals surface area contributed by atoms with Gasteiger partial charge in [-0.1, -0.05) is 18.5 Å². The molecule has 0 fully saturated rings. The molecule has 0 saturated carbocycles. The number of hydrogen-bond acceptors (Lipinski definition) is 7. The minimum absolute atomic E-state index is 0. The third-order valence-corrected chi connectivity index (χ3v) is 4.49. The van der Waals surface area contributed by atoms with E-state index in [0.29, 0.717) is 24.1 Å². The molecule has 0 bridgehead atoms. The summed E-state index contributed by atoms with van der Waals surface area (Å²) >= 11 is 0. The molecular formula is C15H16BN3NaO5-. The Morgan fingerprint density at radius 2 is 2.16 bits per heavy atom. The Balaban J connectivity index is 0.00000182. The van der Waals surface area contributed by atoms with Crippen molar-refractivity contribution in [3.05, 3.63) is 46.3 Å². The van der Waals surface area contributed by atoms with Crippen molar-refractivity contribution in [1.29, 1.82) is 0 Å². The van der Waals surface area contributed by atoms with E-state index in [2.05, 4.69) is 10.4 Å². The fraction of sp³-hybridized carbons (Fsp3) is 0.333. The normalized spacial score (nSPS) is 17.2. The number of hydrogen-bond donors (Lipinski definition) is 3. The first kappa shape index (κ1) is 18.4. The van der Waals surface area contributed by atoms with Crippen LogP contribution in [0.15, 0.2) is 18.3 Å². The molecule has 3 N–H and O–H groups in total. The molecule has 10 heteroatoms. The zero-order chi connectivity index (χ0) is 16.9. The summed E-state index contributed by atoms with van der Waals surface area (Å²) in [4.78, 5) is 11.6. The third kappa shape index (κ3) is 3.48. The van der Waals surface area contributed by atoms with Gasteiger partial charge in [0.05, 0.1) is 24.0 Å². The van der Waals surface area contributed by atoms with Gasteiger partial charge >= 0.3 is 36.3 Å². The smallest absolute Gasteiger partial charge is 0.669 e. The van der Waals surface area contributed by atoms with Crippen LogP contribution in [0.25, 0.3) is 0 Å². The van der Waals surface area contributed by atoms with Crippen LogP contribution in [0.3, 0.4) is 0 Å². The first-order valence-electron chi connectivity index (χ1n) is 7.84. The predicted molar refractivity (Wildman–Crippen MR) is 82.0 cm³/mol. The van der Waals surface area contributed by atoms with Gasteiger partial charge in [-0.15, -0.1) is 0 Å². The summed E-state index contributed by atoms with van der Waals surface area (Å²) in [6.45, 7) is -1.35. The Labute approximate surface area is 166 Å². The van der Waals surface area contributed by atoms with Gasteiger partial charge in [0.25, 0.3) is 0 Å². The molecular weight excluding hydrogens is 336 g/mol. The predicted octanol–water partition coefficient (Wildman–Crippen LogP) is -4.24. The first-order valence-corrected chi connectivity index (χ1v) is 7.84. The van der Waals surface area contributed by atoms with Gasteiger partial charge in [-0.2, -0.15) is 5.10 Å². The quantitative estimate of drug-likeness (QED) is 0.479. The number of carboxylic acid groups (broad SMARTS) is 1. The number of aromatic carboxylic acids is 1. The van der Waals surface area contributed by atoms with E-state index in [-0.39, 0.29) is 53.7 Å². The summed E-state index contributed by atoms with van der Waals surface area (Å²) < 4.78 is 6.84. The fourth-order valence-electron chi connectivity index (χ4n) is 3.32. The Morgan fingerprint density at radius 1 is 1.36 bits per heavy atom. The van der Waals surface area contributed by atoms with Crippen molar-refractivity contribution in [2.75, 3.05) is 0 Å². The van der Waals surface area contributed by atoms with Gasteiger partial charge in [-0.3, -0.25) is 4.68 Å². The summed E-state index contributed by atoms with van der Waals surface area (Å²) in [7, 11) is 0. The van der Waals surface area contributed by atoms with Crippen LogP contribution in [-0.2, 0) is 26.1 Å². The maximum Gasteiger partial charge on any atom is 1.00 e. The molecule has 0 radical (unpaired) electrons. The molecule has 3 heterocycles. The first-order chi connectivity index (χ1) is 11.4. The summed E-state index contributed by atoms with van der Waals surface area (Å²) in [5.74, 6) is -1.41. The molecule has 2 aliphatic rings. The molecule has 126 valence electrons. The molecule has 4 rings (SSSR count). The molecule has 1 aromatic heterocycles. The molecule has 25 heavy (non-hydrogen) atoms. The standard InChI is InChI=1S/C15H17BN3O5.Na/c20-15(21)13-10(7-19-8-11-5-17-6-12(11)18-19)2-1-9-3-4-16(22,23)24-14(9)13;/h1-2,8,17,22-23H,3-7H2,(H,20,21);/q-1;+1/p-1. The van der Waals surface area contributed by atoms with Crippen molar-refractivity contribution in [2.45, 2.75) is 32.4 Å². The molecule has 1 aromatic carbocycles. The Bertz CT molecular complexity index is 817. The number of nitrogens with zero attached hydrogens (tertiary/aromatic N) is 2. The molecule has 2 aliphatic heterocycles. The molecule has 0 aliphatic carbocycles. The SMILES string of the molecule is O=C([O-])c1c(Cn2cc3c(n2)CNC3)ccc2c1O[B-](O)(O)CC2.[Na+]. The second-order valence-electron chi connectivity index (χ2n) is 6.29.